The van der Waals surface area contributed by atoms with Gasteiger partial charge >= 0.3 is 0 Å². The molecule has 0 aliphatic rings. The van der Waals surface area contributed by atoms with E-state index in [9.17, 15) is 4.39 Å². The van der Waals surface area contributed by atoms with Crippen LogP contribution in [0.2, 0.25) is 0 Å². The Morgan fingerprint density at radius 1 is 1.11 bits per heavy atom. The summed E-state index contributed by atoms with van der Waals surface area (Å²) in [6.07, 6.45) is 1.37. The molecule has 0 spiro atoms. The Balaban J connectivity index is 2.03. The summed E-state index contributed by atoms with van der Waals surface area (Å²) in [5, 5.41) is 0.984. The third kappa shape index (κ3) is 2.38. The van der Waals surface area contributed by atoms with E-state index in [0.717, 1.165) is 16.6 Å². The predicted octanol–water partition coefficient (Wildman–Crippen LogP) is 3.87. The Hall–Kier alpha value is -2.49. The smallest absolute Gasteiger partial charge is 0.216 e. The molecular formula is C15H11FN2O. The monoisotopic (exact) mass is 254 g/mol. The summed E-state index contributed by atoms with van der Waals surface area (Å²) in [7, 11) is 0. The van der Waals surface area contributed by atoms with Crippen LogP contribution in [-0.4, -0.2) is 9.97 Å². The van der Waals surface area contributed by atoms with Crippen LogP contribution in [0.5, 0.6) is 11.5 Å². The molecule has 0 aliphatic heterocycles. The van der Waals surface area contributed by atoms with Crippen LogP contribution in [-0.2, 0) is 0 Å². The van der Waals surface area contributed by atoms with Crippen LogP contribution in [0.1, 0.15) is 5.69 Å². The van der Waals surface area contributed by atoms with Gasteiger partial charge in [0.2, 0.25) is 5.95 Å². The molecule has 0 N–H and O–H groups in total. The number of hydrogen-bond donors (Lipinski definition) is 0. The summed E-state index contributed by atoms with van der Waals surface area (Å²) in [4.78, 5) is 7.95. The highest BCUT2D eigenvalue weighted by atomic mass is 19.1. The molecule has 19 heavy (non-hydrogen) atoms. The fourth-order valence-electron chi connectivity index (χ4n) is 1.87. The van der Waals surface area contributed by atoms with Crippen molar-refractivity contribution in [1.82, 2.24) is 9.97 Å². The van der Waals surface area contributed by atoms with Crippen molar-refractivity contribution in [2.45, 2.75) is 6.92 Å². The highest BCUT2D eigenvalue weighted by Gasteiger charge is 2.06. The van der Waals surface area contributed by atoms with Crippen LogP contribution < -0.4 is 4.74 Å². The predicted molar refractivity (Wildman–Crippen MR) is 70.7 cm³/mol. The first-order valence-corrected chi connectivity index (χ1v) is 5.88. The second-order valence-corrected chi connectivity index (χ2v) is 4.18. The standard InChI is InChI=1S/C15H11FN2O/c1-10-14(19-12-6-7-17-15(16)9-12)8-11-4-2-3-5-13(11)18-10/h2-9H,1H3. The van der Waals surface area contributed by atoms with E-state index in [-0.39, 0.29) is 0 Å². The van der Waals surface area contributed by atoms with Crippen molar-refractivity contribution in [3.8, 4) is 11.5 Å². The Morgan fingerprint density at radius 3 is 2.79 bits per heavy atom. The van der Waals surface area contributed by atoms with Crippen molar-refractivity contribution >= 4 is 10.9 Å². The summed E-state index contributed by atoms with van der Waals surface area (Å²) in [5.41, 5.74) is 1.67. The number of ether oxygens (including phenoxy) is 1. The van der Waals surface area contributed by atoms with Crippen LogP contribution in [0.3, 0.4) is 0 Å². The summed E-state index contributed by atoms with van der Waals surface area (Å²) in [6.45, 7) is 1.86. The lowest BCUT2D eigenvalue weighted by Crippen LogP contribution is -1.92. The highest BCUT2D eigenvalue weighted by molar-refractivity contribution is 5.80. The van der Waals surface area contributed by atoms with E-state index in [4.69, 9.17) is 4.74 Å². The quantitative estimate of drug-likeness (QED) is 0.651. The number of halogens is 1. The number of para-hydroxylation sites is 1. The Kier molecular flexibility index (Phi) is 2.83. The zero-order valence-corrected chi connectivity index (χ0v) is 10.3. The number of aromatic nitrogens is 2. The van der Waals surface area contributed by atoms with Crippen LogP contribution >= 0.6 is 0 Å². The van der Waals surface area contributed by atoms with E-state index in [0.29, 0.717) is 11.5 Å². The van der Waals surface area contributed by atoms with Crippen LogP contribution in [0.25, 0.3) is 10.9 Å². The molecule has 3 rings (SSSR count). The molecule has 0 atom stereocenters. The van der Waals surface area contributed by atoms with E-state index in [1.165, 1.54) is 12.3 Å². The minimum Gasteiger partial charge on any atom is -0.455 e. The van der Waals surface area contributed by atoms with Crippen LogP contribution in [0, 0.1) is 12.9 Å². The molecular weight excluding hydrogens is 243 g/mol. The lowest BCUT2D eigenvalue weighted by molar-refractivity contribution is 0.467. The topological polar surface area (TPSA) is 35.0 Å². The Bertz CT molecular complexity index is 743. The molecule has 0 aliphatic carbocycles. The fourth-order valence-corrected chi connectivity index (χ4v) is 1.87. The van der Waals surface area contributed by atoms with Gasteiger partial charge in [0.1, 0.15) is 11.5 Å². The zero-order chi connectivity index (χ0) is 13.2. The Morgan fingerprint density at radius 2 is 1.95 bits per heavy atom. The van der Waals surface area contributed by atoms with Crippen LogP contribution in [0.4, 0.5) is 4.39 Å². The number of aryl methyl sites for hydroxylation is 1. The van der Waals surface area contributed by atoms with Gasteiger partial charge in [0.05, 0.1) is 11.2 Å². The number of benzene rings is 1. The maximum absolute atomic E-state index is 13.0. The Labute approximate surface area is 109 Å². The number of hydrogen-bond acceptors (Lipinski definition) is 3. The maximum atomic E-state index is 13.0. The van der Waals surface area contributed by atoms with Crippen LogP contribution in [0.15, 0.2) is 48.7 Å². The molecule has 0 bridgehead atoms. The first-order valence-electron chi connectivity index (χ1n) is 5.88. The van der Waals surface area contributed by atoms with E-state index in [1.807, 2.05) is 37.3 Å². The van der Waals surface area contributed by atoms with E-state index in [2.05, 4.69) is 9.97 Å². The van der Waals surface area contributed by atoms with Gasteiger partial charge in [0, 0.05) is 17.6 Å². The second kappa shape index (κ2) is 4.65. The van der Waals surface area contributed by atoms with Crippen molar-refractivity contribution in [2.75, 3.05) is 0 Å². The van der Waals surface area contributed by atoms with Crippen molar-refractivity contribution in [1.29, 1.82) is 0 Å². The highest BCUT2D eigenvalue weighted by Crippen LogP contribution is 2.27. The van der Waals surface area contributed by atoms with Crippen molar-refractivity contribution in [3.05, 3.63) is 60.3 Å². The summed E-state index contributed by atoms with van der Waals surface area (Å²) >= 11 is 0. The summed E-state index contributed by atoms with van der Waals surface area (Å²) in [5.74, 6) is 0.459. The third-order valence-corrected chi connectivity index (χ3v) is 2.79. The van der Waals surface area contributed by atoms with Crippen molar-refractivity contribution in [3.63, 3.8) is 0 Å². The average Bonchev–Trinajstić information content (AvgIpc) is 2.40. The first-order chi connectivity index (χ1) is 9.22. The van der Waals surface area contributed by atoms with Gasteiger partial charge in [0.25, 0.3) is 0 Å². The first kappa shape index (κ1) is 11.6. The molecule has 0 amide bonds. The maximum Gasteiger partial charge on any atom is 0.216 e. The number of fused-ring (bicyclic) bond motifs is 1. The van der Waals surface area contributed by atoms with Gasteiger partial charge in [-0.25, -0.2) is 9.97 Å². The van der Waals surface area contributed by atoms with Gasteiger partial charge in [-0.15, -0.1) is 0 Å². The molecule has 4 heteroatoms. The second-order valence-electron chi connectivity index (χ2n) is 4.18. The SMILES string of the molecule is Cc1nc2ccccc2cc1Oc1ccnc(F)c1. The van der Waals surface area contributed by atoms with E-state index < -0.39 is 5.95 Å². The molecule has 94 valence electrons. The number of rotatable bonds is 2. The van der Waals surface area contributed by atoms with Crippen molar-refractivity contribution in [2.24, 2.45) is 0 Å². The molecule has 0 radical (unpaired) electrons. The van der Waals surface area contributed by atoms with Gasteiger partial charge in [-0.2, -0.15) is 4.39 Å². The minimum absolute atomic E-state index is 0.410. The minimum atomic E-state index is -0.566. The molecule has 2 aromatic heterocycles. The van der Waals surface area contributed by atoms with Crippen molar-refractivity contribution < 1.29 is 9.13 Å². The number of pyridine rings is 2. The molecule has 2 heterocycles. The number of nitrogens with zero attached hydrogens (tertiary/aromatic N) is 2. The van der Waals surface area contributed by atoms with Gasteiger partial charge in [-0.3, -0.25) is 0 Å². The fraction of sp³-hybridized carbons (Fsp3) is 0.0667. The van der Waals surface area contributed by atoms with E-state index >= 15 is 0 Å². The lowest BCUT2D eigenvalue weighted by atomic mass is 10.2. The average molecular weight is 254 g/mol. The largest absolute Gasteiger partial charge is 0.455 e. The molecule has 0 fully saturated rings. The lowest BCUT2D eigenvalue weighted by Gasteiger charge is -2.09. The summed E-state index contributed by atoms with van der Waals surface area (Å²) in [6, 6.07) is 12.5. The van der Waals surface area contributed by atoms with Gasteiger partial charge in [0.15, 0.2) is 0 Å². The third-order valence-electron chi connectivity index (χ3n) is 2.79. The molecule has 3 nitrogen and oxygen atoms in total. The summed E-state index contributed by atoms with van der Waals surface area (Å²) < 4.78 is 18.7. The van der Waals surface area contributed by atoms with Gasteiger partial charge in [-0.05, 0) is 25.1 Å². The van der Waals surface area contributed by atoms with E-state index in [1.54, 1.807) is 6.07 Å². The zero-order valence-electron chi connectivity index (χ0n) is 10.3. The molecule has 1 aromatic carbocycles. The van der Waals surface area contributed by atoms with Gasteiger partial charge < -0.3 is 4.74 Å². The molecule has 3 aromatic rings. The normalized spacial score (nSPS) is 10.6. The molecule has 0 saturated carbocycles. The molecule has 0 unspecified atom stereocenters. The van der Waals surface area contributed by atoms with Gasteiger partial charge in [-0.1, -0.05) is 18.2 Å². The molecule has 0 saturated heterocycles.